The largest absolute Gasteiger partial charge is 0.366 e. The quantitative estimate of drug-likeness (QED) is 0.733. The zero-order valence-corrected chi connectivity index (χ0v) is 9.25. The molecule has 0 saturated heterocycles. The van der Waals surface area contributed by atoms with E-state index < -0.39 is 5.78 Å². The predicted octanol–water partition coefficient (Wildman–Crippen LogP) is -0.203. The van der Waals surface area contributed by atoms with Gasteiger partial charge in [0.1, 0.15) is 0 Å². The highest BCUT2D eigenvalue weighted by molar-refractivity contribution is 6.36. The molecule has 2 aromatic rings. The van der Waals surface area contributed by atoms with E-state index in [1.165, 1.54) is 11.4 Å². The standard InChI is InChI=1S/C10H11N5O2/c1-6(16)8(17)3-2-7-4-12-10-13-9(11)14-15(10)5-7/h4-5H,2-3H2,1H3,(H2,11,14). The third-order valence-electron chi connectivity index (χ3n) is 2.30. The molecule has 0 fully saturated rings. The zero-order valence-electron chi connectivity index (χ0n) is 9.25. The molecule has 0 atom stereocenters. The first-order valence-corrected chi connectivity index (χ1v) is 5.07. The molecule has 0 aliphatic rings. The van der Waals surface area contributed by atoms with Gasteiger partial charge in [-0.2, -0.15) is 4.98 Å². The molecule has 2 heterocycles. The van der Waals surface area contributed by atoms with Crippen LogP contribution in [0.15, 0.2) is 12.4 Å². The summed E-state index contributed by atoms with van der Waals surface area (Å²) in [4.78, 5) is 29.8. The molecule has 0 aromatic carbocycles. The Morgan fingerprint density at radius 2 is 2.24 bits per heavy atom. The lowest BCUT2D eigenvalue weighted by molar-refractivity contribution is -0.135. The Balaban J connectivity index is 2.14. The fraction of sp³-hybridized carbons (Fsp3) is 0.300. The van der Waals surface area contributed by atoms with Crippen LogP contribution in [0.4, 0.5) is 5.95 Å². The highest BCUT2D eigenvalue weighted by Gasteiger charge is 2.09. The van der Waals surface area contributed by atoms with E-state index in [0.29, 0.717) is 12.2 Å². The Morgan fingerprint density at radius 3 is 2.94 bits per heavy atom. The summed E-state index contributed by atoms with van der Waals surface area (Å²) in [5.74, 6) is -0.258. The van der Waals surface area contributed by atoms with Crippen molar-refractivity contribution in [3.05, 3.63) is 18.0 Å². The molecule has 0 unspecified atom stereocenters. The van der Waals surface area contributed by atoms with E-state index in [2.05, 4.69) is 15.1 Å². The van der Waals surface area contributed by atoms with Crippen LogP contribution in [-0.2, 0) is 16.0 Å². The maximum atomic E-state index is 11.2. The van der Waals surface area contributed by atoms with Gasteiger partial charge >= 0.3 is 0 Å². The average molecular weight is 233 g/mol. The first-order valence-electron chi connectivity index (χ1n) is 5.07. The molecule has 7 heteroatoms. The fourth-order valence-electron chi connectivity index (χ4n) is 1.40. The second-order valence-corrected chi connectivity index (χ2v) is 3.66. The van der Waals surface area contributed by atoms with E-state index >= 15 is 0 Å². The molecular weight excluding hydrogens is 222 g/mol. The first-order chi connectivity index (χ1) is 8.06. The van der Waals surface area contributed by atoms with Crippen LogP contribution >= 0.6 is 0 Å². The van der Waals surface area contributed by atoms with Crippen LogP contribution < -0.4 is 5.73 Å². The molecule has 2 rings (SSSR count). The van der Waals surface area contributed by atoms with Crippen LogP contribution in [0.1, 0.15) is 18.9 Å². The number of carbonyl (C=O) groups excluding carboxylic acids is 2. The Hall–Kier alpha value is -2.31. The Labute approximate surface area is 96.7 Å². The molecule has 88 valence electrons. The Morgan fingerprint density at radius 1 is 1.47 bits per heavy atom. The number of aromatic nitrogens is 4. The number of Topliss-reactive ketones (excluding diaryl/α,β-unsaturated/α-hetero) is 2. The number of rotatable bonds is 4. The summed E-state index contributed by atoms with van der Waals surface area (Å²) < 4.78 is 1.45. The number of carbonyl (C=O) groups is 2. The molecule has 0 spiro atoms. The van der Waals surface area contributed by atoms with E-state index in [9.17, 15) is 9.59 Å². The smallest absolute Gasteiger partial charge is 0.253 e. The van der Waals surface area contributed by atoms with Crippen LogP contribution in [0.25, 0.3) is 5.78 Å². The molecule has 17 heavy (non-hydrogen) atoms. The van der Waals surface area contributed by atoms with Gasteiger partial charge in [-0.1, -0.05) is 0 Å². The Kier molecular flexibility index (Phi) is 2.82. The SMILES string of the molecule is CC(=O)C(=O)CCc1cnc2nc(N)nn2c1. The van der Waals surface area contributed by atoms with Crippen LogP contribution in [-0.4, -0.2) is 31.1 Å². The summed E-state index contributed by atoms with van der Waals surface area (Å²) in [6.45, 7) is 1.27. The highest BCUT2D eigenvalue weighted by atomic mass is 16.2. The number of nitrogens with two attached hydrogens (primary N) is 1. The van der Waals surface area contributed by atoms with Crippen molar-refractivity contribution in [2.45, 2.75) is 19.8 Å². The second kappa shape index (κ2) is 4.28. The number of anilines is 1. The monoisotopic (exact) mass is 233 g/mol. The number of hydrogen-bond donors (Lipinski definition) is 1. The predicted molar refractivity (Wildman–Crippen MR) is 59.2 cm³/mol. The van der Waals surface area contributed by atoms with Gasteiger partial charge in [-0.25, -0.2) is 9.50 Å². The maximum Gasteiger partial charge on any atom is 0.253 e. The van der Waals surface area contributed by atoms with Crippen molar-refractivity contribution in [1.82, 2.24) is 19.6 Å². The van der Waals surface area contributed by atoms with E-state index in [1.807, 2.05) is 0 Å². The highest BCUT2D eigenvalue weighted by Crippen LogP contribution is 2.05. The minimum absolute atomic E-state index is 0.148. The van der Waals surface area contributed by atoms with Crippen LogP contribution in [0.5, 0.6) is 0 Å². The van der Waals surface area contributed by atoms with Crippen molar-refractivity contribution in [3.63, 3.8) is 0 Å². The number of ketones is 2. The fourth-order valence-corrected chi connectivity index (χ4v) is 1.40. The third kappa shape index (κ3) is 2.44. The van der Waals surface area contributed by atoms with Gasteiger partial charge in [-0.15, -0.1) is 5.10 Å². The average Bonchev–Trinajstić information content (AvgIpc) is 2.64. The van der Waals surface area contributed by atoms with Crippen molar-refractivity contribution in [2.24, 2.45) is 0 Å². The van der Waals surface area contributed by atoms with Gasteiger partial charge in [-0.3, -0.25) is 9.59 Å². The summed E-state index contributed by atoms with van der Waals surface area (Å²) >= 11 is 0. The van der Waals surface area contributed by atoms with Crippen LogP contribution in [0, 0.1) is 0 Å². The molecular formula is C10H11N5O2. The van der Waals surface area contributed by atoms with Crippen molar-refractivity contribution in [2.75, 3.05) is 5.73 Å². The van der Waals surface area contributed by atoms with E-state index in [4.69, 9.17) is 5.73 Å². The summed E-state index contributed by atoms with van der Waals surface area (Å²) in [7, 11) is 0. The summed E-state index contributed by atoms with van der Waals surface area (Å²) in [5.41, 5.74) is 6.22. The van der Waals surface area contributed by atoms with Gasteiger partial charge in [0.05, 0.1) is 0 Å². The van der Waals surface area contributed by atoms with Crippen molar-refractivity contribution in [3.8, 4) is 0 Å². The Bertz CT molecular complexity index is 589. The molecule has 0 radical (unpaired) electrons. The number of fused-ring (bicyclic) bond motifs is 1. The second-order valence-electron chi connectivity index (χ2n) is 3.66. The first kappa shape index (κ1) is 11.2. The lowest BCUT2D eigenvalue weighted by Crippen LogP contribution is -2.10. The van der Waals surface area contributed by atoms with Gasteiger partial charge in [0, 0.05) is 25.7 Å². The number of nitrogen functional groups attached to an aromatic ring is 1. The summed E-state index contributed by atoms with van der Waals surface area (Å²) in [5, 5.41) is 3.90. The molecule has 0 amide bonds. The minimum Gasteiger partial charge on any atom is -0.366 e. The topological polar surface area (TPSA) is 103 Å². The third-order valence-corrected chi connectivity index (χ3v) is 2.30. The number of nitrogens with zero attached hydrogens (tertiary/aromatic N) is 4. The van der Waals surface area contributed by atoms with E-state index in [-0.39, 0.29) is 18.2 Å². The normalized spacial score (nSPS) is 10.6. The molecule has 7 nitrogen and oxygen atoms in total. The van der Waals surface area contributed by atoms with Crippen LogP contribution in [0.3, 0.4) is 0 Å². The lowest BCUT2D eigenvalue weighted by atomic mass is 10.1. The van der Waals surface area contributed by atoms with Crippen molar-refractivity contribution in [1.29, 1.82) is 0 Å². The van der Waals surface area contributed by atoms with Gasteiger partial charge < -0.3 is 5.73 Å². The lowest BCUT2D eigenvalue weighted by Gasteiger charge is -1.99. The molecule has 0 saturated carbocycles. The minimum atomic E-state index is -0.427. The summed E-state index contributed by atoms with van der Waals surface area (Å²) in [6, 6.07) is 0. The maximum absolute atomic E-state index is 11.2. The molecule has 0 aliphatic heterocycles. The van der Waals surface area contributed by atoms with Crippen LogP contribution in [0.2, 0.25) is 0 Å². The number of hydrogen-bond acceptors (Lipinski definition) is 6. The summed E-state index contributed by atoms with van der Waals surface area (Å²) in [6.07, 6.45) is 3.91. The molecule has 0 aliphatic carbocycles. The molecule has 2 aromatic heterocycles. The van der Waals surface area contributed by atoms with Gasteiger partial charge in [-0.05, 0) is 12.0 Å². The molecule has 0 bridgehead atoms. The van der Waals surface area contributed by atoms with Gasteiger partial charge in [0.2, 0.25) is 5.95 Å². The van der Waals surface area contributed by atoms with E-state index in [0.717, 1.165) is 5.56 Å². The number of aryl methyl sites for hydroxylation is 1. The van der Waals surface area contributed by atoms with Crippen molar-refractivity contribution < 1.29 is 9.59 Å². The van der Waals surface area contributed by atoms with Gasteiger partial charge in [0.25, 0.3) is 5.78 Å². The van der Waals surface area contributed by atoms with Crippen molar-refractivity contribution >= 4 is 23.3 Å². The zero-order chi connectivity index (χ0) is 12.4. The molecule has 2 N–H and O–H groups in total. The van der Waals surface area contributed by atoms with Gasteiger partial charge in [0.15, 0.2) is 11.6 Å². The van der Waals surface area contributed by atoms with E-state index in [1.54, 1.807) is 12.4 Å².